The Labute approximate surface area is 211 Å². The summed E-state index contributed by atoms with van der Waals surface area (Å²) in [5, 5.41) is 0. The van der Waals surface area contributed by atoms with Crippen molar-refractivity contribution >= 4 is 40.5 Å². The second-order valence-corrected chi connectivity index (χ2v) is 11.1. The van der Waals surface area contributed by atoms with E-state index >= 15 is 0 Å². The summed E-state index contributed by atoms with van der Waals surface area (Å²) in [4.78, 5) is 36.8. The van der Waals surface area contributed by atoms with Crippen LogP contribution in [0, 0.1) is 5.92 Å². The smallest absolute Gasteiger partial charge is 0.402 e. The molecular weight excluding hydrogens is 533 g/mol. The zero-order valence-electron chi connectivity index (χ0n) is 20.4. The number of ketones is 1. The number of fused-ring (bicyclic) bond motifs is 3. The van der Waals surface area contributed by atoms with Crippen LogP contribution in [0.3, 0.4) is 0 Å². The van der Waals surface area contributed by atoms with E-state index in [2.05, 4.69) is 44.2 Å². The van der Waals surface area contributed by atoms with E-state index in [1.54, 1.807) is 22.9 Å². The summed E-state index contributed by atoms with van der Waals surface area (Å²) in [7, 11) is 0. The zero-order valence-corrected chi connectivity index (χ0v) is 22.5. The number of Topliss-reactive ketones (excluding diaryl/α,β-unsaturated/α-hetero) is 1. The van der Waals surface area contributed by atoms with Crippen LogP contribution in [0.25, 0.3) is 0 Å². The van der Waals surface area contributed by atoms with Gasteiger partial charge in [0.25, 0.3) is 0 Å². The molecule has 1 N–H and O–H groups in total. The molecule has 1 fully saturated rings. The SMILES string of the molecule is CCCCCCC(C)(C)c1cc(OC(=O)C(=O)NI)c2c(c1)OC(C)(C)[C@@H]1CCC(=O)C[C@@H]21. The van der Waals surface area contributed by atoms with Crippen molar-refractivity contribution in [2.45, 2.75) is 103 Å². The summed E-state index contributed by atoms with van der Waals surface area (Å²) in [6, 6.07) is 3.94. The van der Waals surface area contributed by atoms with Gasteiger partial charge >= 0.3 is 11.9 Å². The van der Waals surface area contributed by atoms with E-state index in [-0.39, 0.29) is 23.0 Å². The number of hydrogen-bond donors (Lipinski definition) is 1. The monoisotopic (exact) mass is 569 g/mol. The zero-order chi connectivity index (χ0) is 24.4. The first-order valence-electron chi connectivity index (χ1n) is 12.0. The van der Waals surface area contributed by atoms with Crippen LogP contribution in [0.2, 0.25) is 0 Å². The molecule has 2 atom stereocenters. The average molecular weight is 569 g/mol. The number of carbonyl (C=O) groups excluding carboxylic acids is 3. The van der Waals surface area contributed by atoms with E-state index in [9.17, 15) is 14.4 Å². The van der Waals surface area contributed by atoms with E-state index < -0.39 is 17.5 Å². The lowest BCUT2D eigenvalue weighted by Crippen LogP contribution is -2.47. The highest BCUT2D eigenvalue weighted by atomic mass is 127. The van der Waals surface area contributed by atoms with Crippen molar-refractivity contribution in [2.24, 2.45) is 5.92 Å². The molecule has 3 rings (SSSR count). The summed E-state index contributed by atoms with van der Waals surface area (Å²) >= 11 is 1.62. The number of amides is 1. The van der Waals surface area contributed by atoms with Crippen LogP contribution < -0.4 is 13.0 Å². The van der Waals surface area contributed by atoms with E-state index in [1.165, 1.54) is 19.3 Å². The van der Waals surface area contributed by atoms with E-state index in [0.717, 1.165) is 30.4 Å². The Hall–Kier alpha value is -1.64. The summed E-state index contributed by atoms with van der Waals surface area (Å²) in [5.41, 5.74) is 1.14. The summed E-state index contributed by atoms with van der Waals surface area (Å²) in [6.07, 6.45) is 7.34. The van der Waals surface area contributed by atoms with Crippen molar-refractivity contribution < 1.29 is 23.9 Å². The highest BCUT2D eigenvalue weighted by Gasteiger charge is 2.48. The number of benzene rings is 1. The molecule has 6 nitrogen and oxygen atoms in total. The molecule has 0 saturated heterocycles. The molecule has 0 radical (unpaired) electrons. The van der Waals surface area contributed by atoms with Crippen LogP contribution in [0.5, 0.6) is 11.5 Å². The van der Waals surface area contributed by atoms with Gasteiger partial charge in [-0.2, -0.15) is 0 Å². The van der Waals surface area contributed by atoms with Gasteiger partial charge in [0, 0.05) is 30.2 Å². The quantitative estimate of drug-likeness (QED) is 0.110. The number of unbranched alkanes of at least 4 members (excludes halogenated alkanes) is 3. The molecule has 1 aliphatic carbocycles. The molecule has 0 spiro atoms. The van der Waals surface area contributed by atoms with E-state index in [0.29, 0.717) is 24.3 Å². The van der Waals surface area contributed by atoms with Gasteiger partial charge in [0.1, 0.15) is 22.9 Å². The lowest BCUT2D eigenvalue weighted by molar-refractivity contribution is -0.147. The number of carbonyl (C=O) groups is 3. The van der Waals surface area contributed by atoms with Gasteiger partial charge in [-0.1, -0.05) is 46.5 Å². The number of nitrogens with one attached hydrogen (secondary N) is 1. The maximum absolute atomic E-state index is 12.4. The van der Waals surface area contributed by atoms with Crippen LogP contribution in [0.15, 0.2) is 12.1 Å². The predicted octanol–water partition coefficient (Wildman–Crippen LogP) is 5.93. The van der Waals surface area contributed by atoms with Crippen molar-refractivity contribution in [3.05, 3.63) is 23.3 Å². The number of rotatable bonds is 7. The third-order valence-corrected chi connectivity index (χ3v) is 7.81. The Morgan fingerprint density at radius 1 is 1.24 bits per heavy atom. The fourth-order valence-electron chi connectivity index (χ4n) is 5.35. The number of ether oxygens (including phenoxy) is 2. The third-order valence-electron chi connectivity index (χ3n) is 7.32. The molecule has 182 valence electrons. The molecule has 1 saturated carbocycles. The predicted molar refractivity (Wildman–Crippen MR) is 136 cm³/mol. The van der Waals surface area contributed by atoms with Crippen LogP contribution in [-0.2, 0) is 19.8 Å². The average Bonchev–Trinajstić information content (AvgIpc) is 2.75. The minimum Gasteiger partial charge on any atom is -0.487 e. The molecule has 1 aromatic rings. The molecule has 0 bridgehead atoms. The molecule has 2 aliphatic rings. The molecule has 1 aromatic carbocycles. The van der Waals surface area contributed by atoms with Gasteiger partial charge in [-0.25, -0.2) is 4.79 Å². The Balaban J connectivity index is 2.07. The van der Waals surface area contributed by atoms with Gasteiger partial charge in [0.05, 0.1) is 22.9 Å². The highest BCUT2D eigenvalue weighted by molar-refractivity contribution is 14.1. The van der Waals surface area contributed by atoms with Gasteiger partial charge in [0.15, 0.2) is 0 Å². The Kier molecular flexibility index (Phi) is 8.12. The molecule has 0 aromatic heterocycles. The Morgan fingerprint density at radius 2 is 1.97 bits per heavy atom. The molecule has 33 heavy (non-hydrogen) atoms. The normalized spacial score (nSPS) is 21.5. The third kappa shape index (κ3) is 5.72. The first kappa shape index (κ1) is 26.0. The maximum Gasteiger partial charge on any atom is 0.402 e. The fraction of sp³-hybridized carbons (Fsp3) is 0.654. The van der Waals surface area contributed by atoms with Crippen LogP contribution in [-0.4, -0.2) is 23.3 Å². The van der Waals surface area contributed by atoms with Crippen LogP contribution in [0.1, 0.15) is 103 Å². The van der Waals surface area contributed by atoms with Gasteiger partial charge in [-0.15, -0.1) is 0 Å². The number of hydrogen-bond acceptors (Lipinski definition) is 5. The van der Waals surface area contributed by atoms with Crippen LogP contribution in [0.4, 0.5) is 0 Å². The fourth-order valence-corrected chi connectivity index (χ4v) is 5.57. The van der Waals surface area contributed by atoms with Gasteiger partial charge in [-0.3, -0.25) is 13.1 Å². The second kappa shape index (κ2) is 10.3. The van der Waals surface area contributed by atoms with Gasteiger partial charge < -0.3 is 9.47 Å². The van der Waals surface area contributed by atoms with Crippen molar-refractivity contribution in [3.8, 4) is 11.5 Å². The van der Waals surface area contributed by atoms with E-state index in [1.807, 2.05) is 6.07 Å². The maximum atomic E-state index is 12.4. The Morgan fingerprint density at radius 3 is 2.64 bits per heavy atom. The Bertz CT molecular complexity index is 924. The van der Waals surface area contributed by atoms with Crippen molar-refractivity contribution in [3.63, 3.8) is 0 Å². The topological polar surface area (TPSA) is 81.7 Å². The van der Waals surface area contributed by atoms with Gasteiger partial charge in [-0.05, 0) is 49.8 Å². The van der Waals surface area contributed by atoms with E-state index in [4.69, 9.17) is 9.47 Å². The van der Waals surface area contributed by atoms with Gasteiger partial charge in [0.2, 0.25) is 0 Å². The lowest BCUT2D eigenvalue weighted by Gasteiger charge is -2.47. The minimum atomic E-state index is -0.965. The molecule has 1 amide bonds. The largest absolute Gasteiger partial charge is 0.487 e. The van der Waals surface area contributed by atoms with Crippen LogP contribution >= 0.6 is 22.9 Å². The summed E-state index contributed by atoms with van der Waals surface area (Å²) < 4.78 is 14.5. The molecule has 1 heterocycles. The second-order valence-electron chi connectivity index (χ2n) is 10.6. The number of esters is 1. The standard InChI is InChI=1S/C26H36INO5/c1-6-7-8-9-12-25(2,3)16-13-20(32-24(31)23(30)28-27)22-18-15-17(29)10-11-19(18)26(4,5)33-21(22)14-16/h13-14,18-19H,6-12,15H2,1-5H3,(H,28,30)/t18-,19-/m1/s1. The first-order valence-corrected chi connectivity index (χ1v) is 13.1. The molecule has 0 unspecified atom stereocenters. The number of halogens is 1. The minimum absolute atomic E-state index is 0.0998. The molecule has 7 heteroatoms. The lowest BCUT2D eigenvalue weighted by atomic mass is 9.66. The van der Waals surface area contributed by atoms with Crippen molar-refractivity contribution in [1.82, 2.24) is 3.53 Å². The molecular formula is C26H36INO5. The highest BCUT2D eigenvalue weighted by Crippen LogP contribution is 2.55. The summed E-state index contributed by atoms with van der Waals surface area (Å²) in [5.74, 6) is -0.539. The van der Waals surface area contributed by atoms with Crippen molar-refractivity contribution in [1.29, 1.82) is 0 Å². The molecule has 1 aliphatic heterocycles. The van der Waals surface area contributed by atoms with Crippen molar-refractivity contribution in [2.75, 3.05) is 0 Å². The first-order chi connectivity index (χ1) is 15.5. The summed E-state index contributed by atoms with van der Waals surface area (Å²) in [6.45, 7) is 10.7.